The maximum Gasteiger partial charge on any atom is 0.0530 e. The second kappa shape index (κ2) is 6.40. The SMILES string of the molecule is CCN(CC)C1CN(CN)CN(CN)C1. The zero-order valence-electron chi connectivity index (χ0n) is 10.0. The molecule has 0 saturated carbocycles. The largest absolute Gasteiger partial charge is 0.318 e. The van der Waals surface area contributed by atoms with Crippen molar-refractivity contribution in [2.24, 2.45) is 11.5 Å². The zero-order chi connectivity index (χ0) is 11.3. The lowest BCUT2D eigenvalue weighted by Gasteiger charge is -2.43. The highest BCUT2D eigenvalue weighted by Crippen LogP contribution is 2.10. The van der Waals surface area contributed by atoms with Gasteiger partial charge in [-0.05, 0) is 13.1 Å². The van der Waals surface area contributed by atoms with Crippen molar-refractivity contribution in [3.05, 3.63) is 0 Å². The van der Waals surface area contributed by atoms with Crippen LogP contribution in [0.15, 0.2) is 0 Å². The molecule has 1 heterocycles. The summed E-state index contributed by atoms with van der Waals surface area (Å²) < 4.78 is 0. The van der Waals surface area contributed by atoms with Gasteiger partial charge in [-0.2, -0.15) is 0 Å². The Hall–Kier alpha value is -0.200. The number of hydrogen-bond donors (Lipinski definition) is 2. The Morgan fingerprint density at radius 1 is 1.07 bits per heavy atom. The molecule has 15 heavy (non-hydrogen) atoms. The van der Waals surface area contributed by atoms with Crippen LogP contribution in [0.5, 0.6) is 0 Å². The summed E-state index contributed by atoms with van der Waals surface area (Å²) in [6.07, 6.45) is 0. The number of rotatable bonds is 5. The van der Waals surface area contributed by atoms with E-state index in [4.69, 9.17) is 11.5 Å². The summed E-state index contributed by atoms with van der Waals surface area (Å²) in [6, 6.07) is 0.570. The van der Waals surface area contributed by atoms with Gasteiger partial charge in [0.1, 0.15) is 0 Å². The van der Waals surface area contributed by atoms with Gasteiger partial charge in [0.15, 0.2) is 0 Å². The molecule has 5 heteroatoms. The molecule has 1 saturated heterocycles. The number of likely N-dealkylation sites (N-methyl/N-ethyl adjacent to an activating group) is 1. The number of nitrogens with two attached hydrogens (primary N) is 2. The van der Waals surface area contributed by atoms with Crippen molar-refractivity contribution in [1.82, 2.24) is 14.7 Å². The second-order valence-electron chi connectivity index (χ2n) is 4.09. The van der Waals surface area contributed by atoms with Crippen molar-refractivity contribution in [2.75, 3.05) is 46.2 Å². The number of hydrogen-bond acceptors (Lipinski definition) is 5. The Morgan fingerprint density at radius 2 is 1.53 bits per heavy atom. The minimum absolute atomic E-state index is 0.570. The molecule has 4 N–H and O–H groups in total. The molecule has 0 aliphatic carbocycles. The van der Waals surface area contributed by atoms with Crippen LogP contribution in [0.25, 0.3) is 0 Å². The van der Waals surface area contributed by atoms with Gasteiger partial charge in [0.2, 0.25) is 0 Å². The third kappa shape index (κ3) is 3.39. The molecule has 0 unspecified atom stereocenters. The monoisotopic (exact) mass is 215 g/mol. The van der Waals surface area contributed by atoms with E-state index >= 15 is 0 Å². The molecule has 1 aliphatic heterocycles. The normalized spacial score (nSPS) is 21.4. The molecular weight excluding hydrogens is 190 g/mol. The van der Waals surface area contributed by atoms with Crippen molar-refractivity contribution < 1.29 is 0 Å². The molecule has 0 spiro atoms. The van der Waals surface area contributed by atoms with Gasteiger partial charge in [0.25, 0.3) is 0 Å². The van der Waals surface area contributed by atoms with Crippen molar-refractivity contribution in [3.63, 3.8) is 0 Å². The first-order chi connectivity index (χ1) is 7.24. The van der Waals surface area contributed by atoms with Crippen LogP contribution in [0.3, 0.4) is 0 Å². The minimum atomic E-state index is 0.570. The van der Waals surface area contributed by atoms with Crippen molar-refractivity contribution in [2.45, 2.75) is 19.9 Å². The topological polar surface area (TPSA) is 61.8 Å². The van der Waals surface area contributed by atoms with E-state index in [-0.39, 0.29) is 0 Å². The molecule has 1 fully saturated rings. The van der Waals surface area contributed by atoms with E-state index in [2.05, 4.69) is 28.5 Å². The fourth-order valence-corrected chi connectivity index (χ4v) is 2.29. The molecule has 0 amide bonds. The molecule has 1 aliphatic rings. The molecule has 0 aromatic heterocycles. The lowest BCUT2D eigenvalue weighted by atomic mass is 10.2. The molecule has 5 nitrogen and oxygen atoms in total. The maximum atomic E-state index is 5.71. The fourth-order valence-electron chi connectivity index (χ4n) is 2.29. The van der Waals surface area contributed by atoms with Crippen LogP contribution < -0.4 is 11.5 Å². The Morgan fingerprint density at radius 3 is 1.87 bits per heavy atom. The zero-order valence-corrected chi connectivity index (χ0v) is 10.0. The van der Waals surface area contributed by atoms with Crippen molar-refractivity contribution >= 4 is 0 Å². The average Bonchev–Trinajstić information content (AvgIpc) is 2.30. The number of nitrogens with zero attached hydrogens (tertiary/aromatic N) is 3. The highest BCUT2D eigenvalue weighted by molar-refractivity contribution is 4.81. The van der Waals surface area contributed by atoms with Crippen LogP contribution in [0.1, 0.15) is 13.8 Å². The third-order valence-corrected chi connectivity index (χ3v) is 3.18. The molecule has 0 atom stereocenters. The first kappa shape index (κ1) is 12.9. The van der Waals surface area contributed by atoms with Crippen LogP contribution in [-0.2, 0) is 0 Å². The van der Waals surface area contributed by atoms with Gasteiger partial charge in [-0.15, -0.1) is 0 Å². The van der Waals surface area contributed by atoms with Gasteiger partial charge >= 0.3 is 0 Å². The Labute approximate surface area is 93.0 Å². The van der Waals surface area contributed by atoms with E-state index in [9.17, 15) is 0 Å². The average molecular weight is 215 g/mol. The molecular formula is C10H25N5. The third-order valence-electron chi connectivity index (χ3n) is 3.18. The summed E-state index contributed by atoms with van der Waals surface area (Å²) in [5, 5.41) is 0. The Kier molecular flexibility index (Phi) is 5.49. The first-order valence-corrected chi connectivity index (χ1v) is 5.84. The standard InChI is InChI=1S/C10H25N5/c1-3-15(4-2)10-5-13(7-11)9-14(6-10)8-12/h10H,3-9,11-12H2,1-2H3. The predicted molar refractivity (Wildman–Crippen MR) is 63.1 cm³/mol. The summed E-state index contributed by atoms with van der Waals surface area (Å²) in [5.74, 6) is 0. The van der Waals surface area contributed by atoms with Gasteiger partial charge in [0, 0.05) is 32.5 Å². The van der Waals surface area contributed by atoms with Gasteiger partial charge in [-0.25, -0.2) is 0 Å². The van der Waals surface area contributed by atoms with E-state index in [1.807, 2.05) is 0 Å². The van der Waals surface area contributed by atoms with Gasteiger partial charge < -0.3 is 11.5 Å². The molecule has 0 bridgehead atoms. The Bertz CT molecular complexity index is 159. The van der Waals surface area contributed by atoms with Crippen LogP contribution in [-0.4, -0.2) is 66.9 Å². The molecule has 0 radical (unpaired) electrons. The second-order valence-corrected chi connectivity index (χ2v) is 4.09. The van der Waals surface area contributed by atoms with E-state index in [0.717, 1.165) is 32.8 Å². The highest BCUT2D eigenvalue weighted by Gasteiger charge is 2.26. The maximum absolute atomic E-state index is 5.71. The first-order valence-electron chi connectivity index (χ1n) is 5.84. The van der Waals surface area contributed by atoms with E-state index in [1.165, 1.54) is 0 Å². The van der Waals surface area contributed by atoms with Crippen LogP contribution in [0.4, 0.5) is 0 Å². The van der Waals surface area contributed by atoms with Gasteiger partial charge in [-0.3, -0.25) is 14.7 Å². The predicted octanol–water partition coefficient (Wildman–Crippen LogP) is -0.896. The summed E-state index contributed by atoms with van der Waals surface area (Å²) in [6.45, 7) is 10.9. The highest BCUT2D eigenvalue weighted by atomic mass is 15.4. The minimum Gasteiger partial charge on any atom is -0.318 e. The van der Waals surface area contributed by atoms with E-state index in [0.29, 0.717) is 19.4 Å². The van der Waals surface area contributed by atoms with E-state index in [1.54, 1.807) is 0 Å². The summed E-state index contributed by atoms with van der Waals surface area (Å²) in [5.41, 5.74) is 11.4. The molecule has 1 rings (SSSR count). The smallest absolute Gasteiger partial charge is 0.0530 e. The fraction of sp³-hybridized carbons (Fsp3) is 1.00. The van der Waals surface area contributed by atoms with Gasteiger partial charge in [-0.1, -0.05) is 13.8 Å². The summed E-state index contributed by atoms with van der Waals surface area (Å²) in [7, 11) is 0. The lowest BCUT2D eigenvalue weighted by Crippen LogP contribution is -2.59. The molecule has 0 aromatic rings. The van der Waals surface area contributed by atoms with E-state index < -0.39 is 0 Å². The quantitative estimate of drug-likeness (QED) is 0.623. The summed E-state index contributed by atoms with van der Waals surface area (Å²) >= 11 is 0. The lowest BCUT2D eigenvalue weighted by molar-refractivity contribution is 0.0208. The van der Waals surface area contributed by atoms with Gasteiger partial charge in [0.05, 0.1) is 6.67 Å². The Balaban J connectivity index is 2.55. The van der Waals surface area contributed by atoms with Crippen molar-refractivity contribution in [1.29, 1.82) is 0 Å². The van der Waals surface area contributed by atoms with Crippen LogP contribution in [0, 0.1) is 0 Å². The van der Waals surface area contributed by atoms with Crippen LogP contribution >= 0.6 is 0 Å². The van der Waals surface area contributed by atoms with Crippen molar-refractivity contribution in [3.8, 4) is 0 Å². The molecule has 90 valence electrons. The molecule has 0 aromatic carbocycles. The van der Waals surface area contributed by atoms with Crippen LogP contribution in [0.2, 0.25) is 0 Å². The summed E-state index contributed by atoms with van der Waals surface area (Å²) in [4.78, 5) is 6.98.